The van der Waals surface area contributed by atoms with Crippen LogP contribution in [0.25, 0.3) is 0 Å². The second-order valence-electron chi connectivity index (χ2n) is 6.34. The normalized spacial score (nSPS) is 13.4. The molecular weight excluding hydrogens is 355 g/mol. The number of halogens is 1. The molecule has 26 heavy (non-hydrogen) atoms. The van der Waals surface area contributed by atoms with Gasteiger partial charge in [-0.1, -0.05) is 18.2 Å². The third-order valence-corrected chi connectivity index (χ3v) is 5.86. The van der Waals surface area contributed by atoms with Crippen molar-refractivity contribution in [2.24, 2.45) is 0 Å². The lowest BCUT2D eigenvalue weighted by atomic mass is 10.1. The fourth-order valence-electron chi connectivity index (χ4n) is 3.04. The molecule has 0 heterocycles. The summed E-state index contributed by atoms with van der Waals surface area (Å²) in [6, 6.07) is 10.9. The summed E-state index contributed by atoms with van der Waals surface area (Å²) >= 11 is 0. The number of hydrogen-bond donors (Lipinski definition) is 2. The van der Waals surface area contributed by atoms with Crippen LogP contribution in [-0.4, -0.2) is 27.4 Å². The van der Waals surface area contributed by atoms with E-state index < -0.39 is 10.0 Å². The van der Waals surface area contributed by atoms with Crippen LogP contribution in [0.5, 0.6) is 0 Å². The van der Waals surface area contributed by atoms with Crippen LogP contribution < -0.4 is 10.0 Å². The molecule has 0 aliphatic heterocycles. The summed E-state index contributed by atoms with van der Waals surface area (Å²) in [5, 5.41) is 2.65. The lowest BCUT2D eigenvalue weighted by Gasteiger charge is -2.09. The van der Waals surface area contributed by atoms with Gasteiger partial charge in [-0.15, -0.1) is 0 Å². The maximum absolute atomic E-state index is 12.8. The van der Waals surface area contributed by atoms with Crippen LogP contribution in [0.15, 0.2) is 47.4 Å². The minimum absolute atomic E-state index is 0.106. The summed E-state index contributed by atoms with van der Waals surface area (Å²) in [7, 11) is -3.59. The Labute approximate surface area is 152 Å². The first-order chi connectivity index (χ1) is 12.4. The number of fused-ring (bicyclic) bond motifs is 1. The van der Waals surface area contributed by atoms with Crippen molar-refractivity contribution < 1.29 is 17.6 Å². The van der Waals surface area contributed by atoms with Crippen molar-refractivity contribution in [1.29, 1.82) is 0 Å². The van der Waals surface area contributed by atoms with Crippen molar-refractivity contribution >= 4 is 15.9 Å². The molecule has 0 saturated heterocycles. The predicted octanol–water partition coefficient (Wildman–Crippen LogP) is 1.95. The van der Waals surface area contributed by atoms with E-state index in [2.05, 4.69) is 10.0 Å². The maximum Gasteiger partial charge on any atom is 0.240 e. The zero-order valence-corrected chi connectivity index (χ0v) is 15.1. The third-order valence-electron chi connectivity index (χ3n) is 4.40. The van der Waals surface area contributed by atoms with Gasteiger partial charge in [-0.2, -0.15) is 0 Å². The van der Waals surface area contributed by atoms with Crippen LogP contribution in [0.3, 0.4) is 0 Å². The molecule has 0 fully saturated rings. The fraction of sp³-hybridized carbons (Fsp3) is 0.316. The molecule has 3 rings (SSSR count). The summed E-state index contributed by atoms with van der Waals surface area (Å²) in [5.41, 5.74) is 3.01. The average Bonchev–Trinajstić information content (AvgIpc) is 3.08. The van der Waals surface area contributed by atoms with Crippen LogP contribution in [-0.2, 0) is 34.1 Å². The number of rotatable bonds is 7. The van der Waals surface area contributed by atoms with E-state index in [1.165, 1.54) is 17.7 Å². The molecule has 5 nitrogen and oxygen atoms in total. The van der Waals surface area contributed by atoms with E-state index in [0.29, 0.717) is 5.56 Å². The Bertz CT molecular complexity index is 896. The molecule has 2 N–H and O–H groups in total. The van der Waals surface area contributed by atoms with Crippen LogP contribution >= 0.6 is 0 Å². The molecule has 0 aromatic heterocycles. The number of nitrogens with one attached hydrogen (secondary N) is 2. The fourth-order valence-corrected chi connectivity index (χ4v) is 4.12. The van der Waals surface area contributed by atoms with Gasteiger partial charge in [0.25, 0.3) is 0 Å². The summed E-state index contributed by atoms with van der Waals surface area (Å²) in [6.07, 6.45) is 3.10. The van der Waals surface area contributed by atoms with Gasteiger partial charge in [0.05, 0.1) is 11.3 Å². The van der Waals surface area contributed by atoms with Crippen molar-refractivity contribution in [3.63, 3.8) is 0 Å². The Balaban J connectivity index is 1.46. The number of aryl methyl sites for hydroxylation is 2. The summed E-state index contributed by atoms with van der Waals surface area (Å²) in [4.78, 5) is 12.1. The van der Waals surface area contributed by atoms with Crippen molar-refractivity contribution in [2.45, 2.75) is 30.6 Å². The van der Waals surface area contributed by atoms with Crippen LogP contribution in [0, 0.1) is 5.82 Å². The van der Waals surface area contributed by atoms with Crippen LogP contribution in [0.2, 0.25) is 0 Å². The molecular formula is C19H21FN2O3S. The quantitative estimate of drug-likeness (QED) is 0.726. The number of sulfonamides is 1. The highest BCUT2D eigenvalue weighted by Gasteiger charge is 2.18. The summed E-state index contributed by atoms with van der Waals surface area (Å²) < 4.78 is 40.0. The molecule has 0 radical (unpaired) electrons. The smallest absolute Gasteiger partial charge is 0.240 e. The lowest BCUT2D eigenvalue weighted by Crippen LogP contribution is -2.35. The molecule has 0 saturated carbocycles. The average molecular weight is 376 g/mol. The molecule has 0 atom stereocenters. The van der Waals surface area contributed by atoms with Gasteiger partial charge in [-0.05, 0) is 60.2 Å². The Morgan fingerprint density at radius 3 is 2.50 bits per heavy atom. The second-order valence-corrected chi connectivity index (χ2v) is 8.10. The Kier molecular flexibility index (Phi) is 5.68. The largest absolute Gasteiger partial charge is 0.355 e. The first kappa shape index (κ1) is 18.5. The summed E-state index contributed by atoms with van der Waals surface area (Å²) in [6.45, 7) is 0.290. The number of hydrogen-bond acceptors (Lipinski definition) is 3. The second kappa shape index (κ2) is 7.97. The number of amides is 1. The first-order valence-electron chi connectivity index (χ1n) is 8.57. The SMILES string of the molecule is O=C(Cc1ccc(F)cc1)NCCNS(=O)(=O)c1ccc2c(c1)CCC2. The zero-order valence-electron chi connectivity index (χ0n) is 14.3. The van der Waals surface area contributed by atoms with Crippen molar-refractivity contribution in [1.82, 2.24) is 10.0 Å². The highest BCUT2D eigenvalue weighted by Crippen LogP contribution is 2.24. The van der Waals surface area contributed by atoms with E-state index in [4.69, 9.17) is 0 Å². The van der Waals surface area contributed by atoms with Crippen molar-refractivity contribution in [3.8, 4) is 0 Å². The molecule has 0 bridgehead atoms. The van der Waals surface area contributed by atoms with Gasteiger partial charge in [-0.25, -0.2) is 17.5 Å². The van der Waals surface area contributed by atoms with Gasteiger partial charge in [0, 0.05) is 13.1 Å². The molecule has 0 unspecified atom stereocenters. The van der Waals surface area contributed by atoms with E-state index in [0.717, 1.165) is 24.8 Å². The van der Waals surface area contributed by atoms with E-state index in [9.17, 15) is 17.6 Å². The van der Waals surface area contributed by atoms with Crippen molar-refractivity contribution in [3.05, 3.63) is 65.0 Å². The van der Waals surface area contributed by atoms with Gasteiger partial charge in [0.15, 0.2) is 0 Å². The highest BCUT2D eigenvalue weighted by molar-refractivity contribution is 7.89. The summed E-state index contributed by atoms with van der Waals surface area (Å²) in [5.74, 6) is -0.594. The highest BCUT2D eigenvalue weighted by atomic mass is 32.2. The molecule has 2 aromatic carbocycles. The third kappa shape index (κ3) is 4.68. The Morgan fingerprint density at radius 1 is 1.00 bits per heavy atom. The molecule has 7 heteroatoms. The number of benzene rings is 2. The zero-order chi connectivity index (χ0) is 18.6. The molecule has 0 spiro atoms. The standard InChI is InChI=1S/C19H21FN2O3S/c20-17-7-4-14(5-8-17)12-19(23)21-10-11-22-26(24,25)18-9-6-15-2-1-3-16(15)13-18/h4-9,13,22H,1-3,10-12H2,(H,21,23). The monoisotopic (exact) mass is 376 g/mol. The van der Waals surface area contributed by atoms with Gasteiger partial charge in [0.2, 0.25) is 15.9 Å². The Morgan fingerprint density at radius 2 is 1.73 bits per heavy atom. The molecule has 1 aliphatic carbocycles. The molecule has 138 valence electrons. The van der Waals surface area contributed by atoms with Crippen molar-refractivity contribution in [2.75, 3.05) is 13.1 Å². The molecule has 2 aromatic rings. The van der Waals surface area contributed by atoms with E-state index in [-0.39, 0.29) is 36.1 Å². The van der Waals surface area contributed by atoms with E-state index >= 15 is 0 Å². The van der Waals surface area contributed by atoms with Gasteiger partial charge in [-0.3, -0.25) is 4.79 Å². The Hall–Kier alpha value is -2.25. The van der Waals surface area contributed by atoms with Gasteiger partial charge >= 0.3 is 0 Å². The minimum atomic E-state index is -3.59. The maximum atomic E-state index is 12.8. The van der Waals surface area contributed by atoms with Gasteiger partial charge < -0.3 is 5.32 Å². The molecule has 1 amide bonds. The van der Waals surface area contributed by atoms with Crippen LogP contribution in [0.4, 0.5) is 4.39 Å². The topological polar surface area (TPSA) is 75.3 Å². The first-order valence-corrected chi connectivity index (χ1v) is 10.0. The predicted molar refractivity (Wildman–Crippen MR) is 96.8 cm³/mol. The molecule has 1 aliphatic rings. The minimum Gasteiger partial charge on any atom is -0.355 e. The van der Waals surface area contributed by atoms with E-state index in [1.807, 2.05) is 6.07 Å². The van der Waals surface area contributed by atoms with Gasteiger partial charge in [0.1, 0.15) is 5.82 Å². The number of carbonyl (C=O) groups excluding carboxylic acids is 1. The lowest BCUT2D eigenvalue weighted by molar-refractivity contribution is -0.120. The van der Waals surface area contributed by atoms with E-state index in [1.54, 1.807) is 24.3 Å². The van der Waals surface area contributed by atoms with Crippen LogP contribution in [0.1, 0.15) is 23.1 Å². The number of carbonyl (C=O) groups is 1.